The molecule has 7 nitrogen and oxygen atoms in total. The first kappa shape index (κ1) is 20.6. The summed E-state index contributed by atoms with van der Waals surface area (Å²) in [5.41, 5.74) is 1.84. The van der Waals surface area contributed by atoms with Gasteiger partial charge in [0.05, 0.1) is 12.4 Å². The molecule has 1 aliphatic carbocycles. The minimum Gasteiger partial charge on any atom is -0.494 e. The summed E-state index contributed by atoms with van der Waals surface area (Å²) in [5, 5.41) is 15.5. The van der Waals surface area contributed by atoms with Gasteiger partial charge in [-0.25, -0.2) is 0 Å². The number of methoxy groups -OCH3 is 1. The molecule has 0 radical (unpaired) electrons. The molecule has 0 bridgehead atoms. The van der Waals surface area contributed by atoms with Crippen molar-refractivity contribution in [2.45, 2.75) is 63.4 Å². The molecule has 2 aromatic rings. The van der Waals surface area contributed by atoms with Crippen molar-refractivity contribution in [2.24, 2.45) is 11.8 Å². The van der Waals surface area contributed by atoms with Crippen molar-refractivity contribution < 1.29 is 9.53 Å². The highest BCUT2D eigenvalue weighted by atomic mass is 32.2. The van der Waals surface area contributed by atoms with Gasteiger partial charge < -0.3 is 10.1 Å². The summed E-state index contributed by atoms with van der Waals surface area (Å²) in [6.07, 6.45) is 3.46. The quantitative estimate of drug-likeness (QED) is 0.745. The number of thioether (sulfide) groups is 1. The zero-order valence-corrected chi connectivity index (χ0v) is 18.0. The molecule has 1 N–H and O–H groups in total. The number of rotatable bonds is 6. The van der Waals surface area contributed by atoms with Crippen LogP contribution in [0.15, 0.2) is 23.4 Å². The molecule has 0 unspecified atom stereocenters. The molecule has 0 spiro atoms. The van der Waals surface area contributed by atoms with Crippen LogP contribution in [0.2, 0.25) is 0 Å². The Kier molecular flexibility index (Phi) is 6.59. The maximum atomic E-state index is 12.8. The molecule has 1 amide bonds. The van der Waals surface area contributed by atoms with E-state index in [1.165, 1.54) is 24.6 Å². The summed E-state index contributed by atoms with van der Waals surface area (Å²) in [5.74, 6) is 1.85. The van der Waals surface area contributed by atoms with E-state index in [9.17, 15) is 4.79 Å². The number of nitrogens with one attached hydrogen (secondary N) is 1. The van der Waals surface area contributed by atoms with Gasteiger partial charge in [0, 0.05) is 6.04 Å². The third-order valence-electron chi connectivity index (χ3n) is 5.69. The number of carbonyl (C=O) groups excluding carboxylic acids is 1. The van der Waals surface area contributed by atoms with E-state index in [2.05, 4.69) is 34.7 Å². The minimum atomic E-state index is -0.301. The number of aryl methyl sites for hydroxylation is 1. The summed E-state index contributed by atoms with van der Waals surface area (Å²) < 4.78 is 7.08. The van der Waals surface area contributed by atoms with Crippen molar-refractivity contribution in [2.75, 3.05) is 7.11 Å². The largest absolute Gasteiger partial charge is 0.494 e. The Morgan fingerprint density at radius 1 is 1.36 bits per heavy atom. The number of aromatic nitrogens is 4. The molecule has 1 heterocycles. The Hall–Kier alpha value is -2.09. The lowest BCUT2D eigenvalue weighted by atomic mass is 9.78. The summed E-state index contributed by atoms with van der Waals surface area (Å²) in [7, 11) is 1.62. The van der Waals surface area contributed by atoms with E-state index in [0.29, 0.717) is 22.7 Å². The smallest absolute Gasteiger partial charge is 0.233 e. The molecule has 1 aromatic carbocycles. The van der Waals surface area contributed by atoms with Crippen LogP contribution >= 0.6 is 11.8 Å². The average Bonchev–Trinajstić information content (AvgIpc) is 3.13. The van der Waals surface area contributed by atoms with Gasteiger partial charge in [-0.2, -0.15) is 4.68 Å². The third-order valence-corrected chi connectivity index (χ3v) is 6.72. The number of carbonyl (C=O) groups is 1. The lowest BCUT2D eigenvalue weighted by molar-refractivity contribution is -0.121. The highest BCUT2D eigenvalue weighted by Gasteiger charge is 2.30. The molecule has 0 aliphatic heterocycles. The van der Waals surface area contributed by atoms with Crippen LogP contribution < -0.4 is 10.1 Å². The SMILES string of the molecule is COc1ccc(C)cc1-n1nnnc1S[C@H](C)C(=O)N[C@H]1CCC[C@H](C)[C@@H]1C. The van der Waals surface area contributed by atoms with Crippen molar-refractivity contribution in [3.63, 3.8) is 0 Å². The van der Waals surface area contributed by atoms with Crippen molar-refractivity contribution in [1.29, 1.82) is 0 Å². The molecule has 152 valence electrons. The van der Waals surface area contributed by atoms with Crippen LogP contribution in [0.5, 0.6) is 5.75 Å². The maximum absolute atomic E-state index is 12.8. The van der Waals surface area contributed by atoms with Gasteiger partial charge in [0.1, 0.15) is 11.4 Å². The maximum Gasteiger partial charge on any atom is 0.233 e. The Bertz CT molecular complexity index is 825. The Morgan fingerprint density at radius 3 is 2.89 bits per heavy atom. The Balaban J connectivity index is 1.72. The van der Waals surface area contributed by atoms with Gasteiger partial charge in [0.2, 0.25) is 11.1 Å². The molecule has 8 heteroatoms. The number of hydrogen-bond donors (Lipinski definition) is 1. The fourth-order valence-electron chi connectivity index (χ4n) is 3.67. The summed E-state index contributed by atoms with van der Waals surface area (Å²) in [6, 6.07) is 6.08. The van der Waals surface area contributed by atoms with Gasteiger partial charge >= 0.3 is 0 Å². The predicted molar refractivity (Wildman–Crippen MR) is 110 cm³/mol. The topological polar surface area (TPSA) is 81.9 Å². The third kappa shape index (κ3) is 4.48. The zero-order chi connectivity index (χ0) is 20.3. The van der Waals surface area contributed by atoms with Crippen LogP contribution in [-0.2, 0) is 4.79 Å². The molecule has 28 heavy (non-hydrogen) atoms. The first-order valence-electron chi connectivity index (χ1n) is 9.81. The Morgan fingerprint density at radius 2 is 2.14 bits per heavy atom. The van der Waals surface area contributed by atoms with Gasteiger partial charge in [0.15, 0.2) is 0 Å². The van der Waals surface area contributed by atoms with E-state index in [1.807, 2.05) is 32.0 Å². The molecule has 3 rings (SSSR count). The van der Waals surface area contributed by atoms with Crippen LogP contribution in [-0.4, -0.2) is 44.5 Å². The lowest BCUT2D eigenvalue weighted by Crippen LogP contribution is -2.46. The van der Waals surface area contributed by atoms with Gasteiger partial charge in [0.25, 0.3) is 0 Å². The molecule has 4 atom stereocenters. The number of nitrogens with zero attached hydrogens (tertiary/aromatic N) is 4. The molecule has 1 saturated carbocycles. The lowest BCUT2D eigenvalue weighted by Gasteiger charge is -2.35. The number of hydrogen-bond acceptors (Lipinski definition) is 6. The number of tetrazole rings is 1. The predicted octanol–water partition coefficient (Wildman–Crippen LogP) is 3.40. The van der Waals surface area contributed by atoms with E-state index in [1.54, 1.807) is 11.8 Å². The number of amides is 1. The molecule has 1 aliphatic rings. The first-order chi connectivity index (χ1) is 13.4. The molecular formula is C20H29N5O2S. The van der Waals surface area contributed by atoms with E-state index in [0.717, 1.165) is 17.7 Å². The van der Waals surface area contributed by atoms with Crippen LogP contribution in [0.4, 0.5) is 0 Å². The fourth-order valence-corrected chi connectivity index (χ4v) is 4.48. The normalized spacial score (nSPS) is 23.2. The monoisotopic (exact) mass is 403 g/mol. The molecule has 1 aromatic heterocycles. The van der Waals surface area contributed by atoms with Gasteiger partial charge in [-0.1, -0.05) is 44.5 Å². The number of benzene rings is 1. The van der Waals surface area contributed by atoms with Crippen molar-refractivity contribution >= 4 is 17.7 Å². The average molecular weight is 404 g/mol. The van der Waals surface area contributed by atoms with Crippen molar-refractivity contribution in [3.05, 3.63) is 23.8 Å². The summed E-state index contributed by atoms with van der Waals surface area (Å²) in [4.78, 5) is 12.8. The van der Waals surface area contributed by atoms with Gasteiger partial charge in [-0.15, -0.1) is 5.10 Å². The van der Waals surface area contributed by atoms with Crippen LogP contribution in [0.3, 0.4) is 0 Å². The molecule has 1 fully saturated rings. The highest BCUT2D eigenvalue weighted by molar-refractivity contribution is 8.00. The Labute approximate surface area is 170 Å². The van der Waals surface area contributed by atoms with E-state index in [-0.39, 0.29) is 17.2 Å². The number of ether oxygens (including phenoxy) is 1. The fraction of sp³-hybridized carbons (Fsp3) is 0.600. The first-order valence-corrected chi connectivity index (χ1v) is 10.7. The molecular weight excluding hydrogens is 374 g/mol. The van der Waals surface area contributed by atoms with Gasteiger partial charge in [-0.3, -0.25) is 4.79 Å². The van der Waals surface area contributed by atoms with Crippen molar-refractivity contribution in [1.82, 2.24) is 25.5 Å². The second-order valence-electron chi connectivity index (χ2n) is 7.69. The highest BCUT2D eigenvalue weighted by Crippen LogP contribution is 2.31. The summed E-state index contributed by atoms with van der Waals surface area (Å²) in [6.45, 7) is 8.40. The van der Waals surface area contributed by atoms with E-state index >= 15 is 0 Å². The molecule has 0 saturated heterocycles. The minimum absolute atomic E-state index is 0.0294. The van der Waals surface area contributed by atoms with Crippen LogP contribution in [0.25, 0.3) is 5.69 Å². The second-order valence-corrected chi connectivity index (χ2v) is 9.00. The van der Waals surface area contributed by atoms with Crippen LogP contribution in [0, 0.1) is 18.8 Å². The van der Waals surface area contributed by atoms with Crippen LogP contribution in [0.1, 0.15) is 45.6 Å². The second kappa shape index (κ2) is 8.94. The van der Waals surface area contributed by atoms with E-state index < -0.39 is 0 Å². The summed E-state index contributed by atoms with van der Waals surface area (Å²) >= 11 is 1.35. The van der Waals surface area contributed by atoms with Gasteiger partial charge in [-0.05, 0) is 60.2 Å². The van der Waals surface area contributed by atoms with Crippen molar-refractivity contribution in [3.8, 4) is 11.4 Å². The van der Waals surface area contributed by atoms with E-state index in [4.69, 9.17) is 4.74 Å². The zero-order valence-electron chi connectivity index (χ0n) is 17.2. The standard InChI is InChI=1S/C20H29N5O2S/c1-12-9-10-18(27-5)17(11-12)25-20(22-23-24-25)28-15(4)19(26)21-16-8-6-7-13(2)14(16)3/h9-11,13-16H,6-8H2,1-5H3,(H,21,26)/t13-,14-,15+,16-/m0/s1.